The van der Waals surface area contributed by atoms with E-state index in [1.165, 1.54) is 5.56 Å². The van der Waals surface area contributed by atoms with E-state index in [0.717, 1.165) is 22.5 Å². The molecule has 3 amide bonds. The van der Waals surface area contributed by atoms with Gasteiger partial charge in [0.25, 0.3) is 0 Å². The smallest absolute Gasteiger partial charge is 0.312 e. The molecule has 1 unspecified atom stereocenters. The summed E-state index contributed by atoms with van der Waals surface area (Å²) in [6, 6.07) is -0.837. The number of piperidine rings is 1. The van der Waals surface area contributed by atoms with Crippen molar-refractivity contribution in [1.29, 1.82) is 0 Å². The molecular weight excluding hydrogens is 364 g/mol. The average Bonchev–Trinajstić information content (AvgIpc) is 2.99. The van der Waals surface area contributed by atoms with Crippen LogP contribution < -0.4 is 16.4 Å². The van der Waals surface area contributed by atoms with E-state index in [2.05, 4.69) is 32.9 Å². The maximum Gasteiger partial charge on any atom is 0.312 e. The molecule has 0 spiro atoms. The second-order valence-corrected chi connectivity index (χ2v) is 8.27. The molecule has 2 aromatic heterocycles. The highest BCUT2D eigenvalue weighted by atomic mass is 32.1. The van der Waals surface area contributed by atoms with Gasteiger partial charge in [-0.15, -0.1) is 11.3 Å². The third-order valence-corrected chi connectivity index (χ3v) is 6.56. The number of likely N-dealkylation sites (tertiary alicyclic amines) is 1. The Labute approximate surface area is 161 Å². The van der Waals surface area contributed by atoms with Crippen LogP contribution in [0.25, 0.3) is 10.2 Å². The molecule has 4 N–H and O–H groups in total. The Morgan fingerprint density at radius 1 is 1.37 bits per heavy atom. The lowest BCUT2D eigenvalue weighted by Crippen LogP contribution is -2.50. The van der Waals surface area contributed by atoms with Crippen LogP contribution in [-0.2, 0) is 4.79 Å². The molecule has 0 bridgehead atoms. The number of carbonyl (C=O) groups excluding carboxylic acids is 2. The Bertz CT molecular complexity index is 872. The third-order valence-electron chi connectivity index (χ3n) is 5.56. The summed E-state index contributed by atoms with van der Waals surface area (Å²) < 4.78 is 0. The van der Waals surface area contributed by atoms with Crippen LogP contribution >= 0.6 is 11.3 Å². The van der Waals surface area contributed by atoms with E-state index in [0.29, 0.717) is 37.4 Å². The SMILES string of the molecule is CCC[C@@H](NC(N)=O)C(=O)N1C[C@@H]2C(Nc3ncnc4scc(C)c34)[C@@H]2C1. The molecule has 1 saturated heterocycles. The summed E-state index contributed by atoms with van der Waals surface area (Å²) in [5.41, 5.74) is 6.39. The highest BCUT2D eigenvalue weighted by Crippen LogP contribution is 2.48. The average molecular weight is 388 g/mol. The van der Waals surface area contributed by atoms with E-state index < -0.39 is 12.1 Å². The van der Waals surface area contributed by atoms with Gasteiger partial charge in [0.1, 0.15) is 23.0 Å². The zero-order valence-corrected chi connectivity index (χ0v) is 16.3. The van der Waals surface area contributed by atoms with Crippen molar-refractivity contribution >= 4 is 39.3 Å². The van der Waals surface area contributed by atoms with Gasteiger partial charge in [0.05, 0.1) is 5.39 Å². The van der Waals surface area contributed by atoms with Crippen LogP contribution in [0.15, 0.2) is 11.7 Å². The van der Waals surface area contributed by atoms with Gasteiger partial charge in [-0.1, -0.05) is 13.3 Å². The van der Waals surface area contributed by atoms with E-state index >= 15 is 0 Å². The second kappa shape index (κ2) is 6.95. The van der Waals surface area contributed by atoms with Crippen molar-refractivity contribution < 1.29 is 9.59 Å². The van der Waals surface area contributed by atoms with Crippen LogP contribution in [0, 0.1) is 18.8 Å². The lowest BCUT2D eigenvalue weighted by molar-refractivity contribution is -0.132. The molecule has 2 fully saturated rings. The maximum absolute atomic E-state index is 12.7. The fourth-order valence-electron chi connectivity index (χ4n) is 4.14. The fraction of sp³-hybridized carbons (Fsp3) is 0.556. The van der Waals surface area contributed by atoms with Gasteiger partial charge in [0.2, 0.25) is 5.91 Å². The number of thiophene rings is 1. The van der Waals surface area contributed by atoms with E-state index in [1.807, 2.05) is 11.8 Å². The number of primary amides is 1. The minimum atomic E-state index is -0.649. The number of nitrogens with zero attached hydrogens (tertiary/aromatic N) is 3. The van der Waals surface area contributed by atoms with Crippen LogP contribution in [-0.4, -0.2) is 52.0 Å². The van der Waals surface area contributed by atoms with E-state index in [9.17, 15) is 9.59 Å². The van der Waals surface area contributed by atoms with Crippen LogP contribution in [0.1, 0.15) is 25.3 Å². The molecule has 4 rings (SSSR count). The zero-order valence-electron chi connectivity index (χ0n) is 15.4. The molecule has 2 aliphatic rings. The Morgan fingerprint density at radius 2 is 2.11 bits per heavy atom. The standard InChI is InChI=1S/C18H24N6O2S/c1-3-4-12(22-18(19)26)17(25)24-5-10-11(6-24)14(10)23-15-13-9(2)7-27-16(13)21-8-20-15/h7-8,10-12,14H,3-6H2,1-2H3,(H3,19,22,26)(H,20,21,23)/t10-,11+,12-,14?/m1/s1. The molecule has 2 aromatic rings. The van der Waals surface area contributed by atoms with Gasteiger partial charge < -0.3 is 21.3 Å². The second-order valence-electron chi connectivity index (χ2n) is 7.41. The van der Waals surface area contributed by atoms with Crippen molar-refractivity contribution in [3.8, 4) is 0 Å². The fourth-order valence-corrected chi connectivity index (χ4v) is 5.03. The number of amides is 3. The lowest BCUT2D eigenvalue weighted by Gasteiger charge is -2.26. The van der Waals surface area contributed by atoms with E-state index in [1.54, 1.807) is 17.7 Å². The molecule has 1 aliphatic carbocycles. The van der Waals surface area contributed by atoms with Gasteiger partial charge in [0.15, 0.2) is 0 Å². The molecule has 3 heterocycles. The monoisotopic (exact) mass is 388 g/mol. The summed E-state index contributed by atoms with van der Waals surface area (Å²) in [6.45, 7) is 5.47. The van der Waals surface area contributed by atoms with Gasteiger partial charge in [0, 0.05) is 31.0 Å². The maximum atomic E-state index is 12.7. The molecule has 0 aromatic carbocycles. The molecular formula is C18H24N6O2S. The first-order chi connectivity index (χ1) is 13.0. The Hall–Kier alpha value is -2.42. The molecule has 1 saturated carbocycles. The largest absolute Gasteiger partial charge is 0.366 e. The van der Waals surface area contributed by atoms with Gasteiger partial charge in [-0.3, -0.25) is 4.79 Å². The van der Waals surface area contributed by atoms with Crippen molar-refractivity contribution in [2.24, 2.45) is 17.6 Å². The molecule has 4 atom stereocenters. The van der Waals surface area contributed by atoms with Crippen molar-refractivity contribution in [1.82, 2.24) is 20.2 Å². The minimum absolute atomic E-state index is 0.0281. The topological polar surface area (TPSA) is 113 Å². The summed E-state index contributed by atoms with van der Waals surface area (Å²) >= 11 is 1.63. The van der Waals surface area contributed by atoms with Gasteiger partial charge in [-0.25, -0.2) is 14.8 Å². The van der Waals surface area contributed by atoms with Gasteiger partial charge in [-0.05, 0) is 24.3 Å². The lowest BCUT2D eigenvalue weighted by atomic mass is 10.1. The van der Waals surface area contributed by atoms with Crippen LogP contribution in [0.5, 0.6) is 0 Å². The molecule has 27 heavy (non-hydrogen) atoms. The van der Waals surface area contributed by atoms with Crippen LogP contribution in [0.2, 0.25) is 0 Å². The highest BCUT2D eigenvalue weighted by Gasteiger charge is 2.57. The first-order valence-corrected chi connectivity index (χ1v) is 10.2. The Morgan fingerprint density at radius 3 is 2.78 bits per heavy atom. The van der Waals surface area contributed by atoms with Crippen LogP contribution in [0.4, 0.5) is 10.6 Å². The normalized spacial score (nSPS) is 24.5. The number of nitrogens with one attached hydrogen (secondary N) is 2. The predicted molar refractivity (Wildman–Crippen MR) is 105 cm³/mol. The quantitative estimate of drug-likeness (QED) is 0.697. The number of aromatic nitrogens is 2. The van der Waals surface area contributed by atoms with Crippen molar-refractivity contribution in [2.75, 3.05) is 18.4 Å². The summed E-state index contributed by atoms with van der Waals surface area (Å²) in [5, 5.41) is 9.33. The number of fused-ring (bicyclic) bond motifs is 2. The summed E-state index contributed by atoms with van der Waals surface area (Å²) in [4.78, 5) is 35.5. The van der Waals surface area contributed by atoms with Crippen molar-refractivity contribution in [3.05, 3.63) is 17.3 Å². The number of anilines is 1. The number of rotatable bonds is 6. The molecule has 8 nitrogen and oxygen atoms in total. The molecule has 1 aliphatic heterocycles. The van der Waals surface area contributed by atoms with Gasteiger partial charge >= 0.3 is 6.03 Å². The number of nitrogens with two attached hydrogens (primary N) is 1. The third kappa shape index (κ3) is 3.31. The number of hydrogen-bond donors (Lipinski definition) is 3. The minimum Gasteiger partial charge on any atom is -0.366 e. The van der Waals surface area contributed by atoms with E-state index in [-0.39, 0.29) is 5.91 Å². The highest BCUT2D eigenvalue weighted by molar-refractivity contribution is 7.17. The number of urea groups is 1. The molecule has 144 valence electrons. The molecule has 9 heteroatoms. The Balaban J connectivity index is 1.39. The Kier molecular flexibility index (Phi) is 4.63. The van der Waals surface area contributed by atoms with Crippen molar-refractivity contribution in [2.45, 2.75) is 38.8 Å². The van der Waals surface area contributed by atoms with Gasteiger partial charge in [-0.2, -0.15) is 0 Å². The molecule has 0 radical (unpaired) electrons. The van der Waals surface area contributed by atoms with E-state index in [4.69, 9.17) is 5.73 Å². The summed E-state index contributed by atoms with van der Waals surface area (Å²) in [5.74, 6) is 1.71. The summed E-state index contributed by atoms with van der Waals surface area (Å²) in [6.07, 6.45) is 3.01. The first-order valence-electron chi connectivity index (χ1n) is 9.29. The zero-order chi connectivity index (χ0) is 19.1. The number of aryl methyl sites for hydroxylation is 1. The summed E-state index contributed by atoms with van der Waals surface area (Å²) in [7, 11) is 0. The number of carbonyl (C=O) groups is 2. The van der Waals surface area contributed by atoms with Crippen LogP contribution in [0.3, 0.4) is 0 Å². The predicted octanol–water partition coefficient (Wildman–Crippen LogP) is 1.71. The first kappa shape index (κ1) is 18.0. The number of hydrogen-bond acceptors (Lipinski definition) is 6. The van der Waals surface area contributed by atoms with Crippen molar-refractivity contribution in [3.63, 3.8) is 0 Å².